The van der Waals surface area contributed by atoms with Crippen molar-refractivity contribution in [3.63, 3.8) is 0 Å². The molecule has 2 aromatic carbocycles. The first-order chi connectivity index (χ1) is 15.4. The summed E-state index contributed by atoms with van der Waals surface area (Å²) in [7, 11) is 0. The highest BCUT2D eigenvalue weighted by atomic mass is 16.3. The molecule has 2 amide bonds. The minimum atomic E-state index is -0.646. The van der Waals surface area contributed by atoms with Crippen molar-refractivity contribution in [1.82, 2.24) is 14.9 Å². The van der Waals surface area contributed by atoms with Crippen molar-refractivity contribution >= 4 is 17.4 Å². The van der Waals surface area contributed by atoms with Gasteiger partial charge >= 0.3 is 6.03 Å². The number of amidine groups is 1. The first-order valence-electron chi connectivity index (χ1n) is 10.7. The number of rotatable bonds is 6. The molecule has 7 nitrogen and oxygen atoms in total. The Morgan fingerprint density at radius 1 is 1.25 bits per heavy atom. The number of nitrogens with two attached hydrogens (primary N) is 1. The number of primary amides is 1. The molecule has 1 saturated carbocycles. The van der Waals surface area contributed by atoms with Gasteiger partial charge < -0.3 is 15.8 Å². The fraction of sp³-hybridized carbons (Fsp3) is 0.240. The summed E-state index contributed by atoms with van der Waals surface area (Å²) in [6.07, 6.45) is 4.54. The molecule has 1 aromatic heterocycles. The second-order valence-electron chi connectivity index (χ2n) is 7.99. The number of imidazole rings is 1. The molecular weight excluding hydrogens is 402 g/mol. The number of nitrogens with one attached hydrogen (secondary N) is 2. The summed E-state index contributed by atoms with van der Waals surface area (Å²) in [5, 5.41) is 19.2. The molecule has 5 N–H and O–H groups in total. The average molecular weight is 430 g/mol. The number of phenolic OH excluding ortho intramolecular Hbond substituents is 1. The summed E-state index contributed by atoms with van der Waals surface area (Å²) in [5.41, 5.74) is 9.83. The average Bonchev–Trinajstić information content (AvgIpc) is 3.50. The topological polar surface area (TPSA) is 119 Å². The van der Waals surface area contributed by atoms with Crippen molar-refractivity contribution in [2.45, 2.75) is 39.2 Å². The van der Waals surface area contributed by atoms with Crippen molar-refractivity contribution in [2.75, 3.05) is 0 Å². The zero-order valence-corrected chi connectivity index (χ0v) is 18.2. The summed E-state index contributed by atoms with van der Waals surface area (Å²) in [6, 6.07) is 14.2. The number of hydrogen-bond donors (Lipinski definition) is 4. The highest BCUT2D eigenvalue weighted by molar-refractivity contribution is 6.08. The zero-order chi connectivity index (χ0) is 22.8. The summed E-state index contributed by atoms with van der Waals surface area (Å²) in [4.78, 5) is 21.5. The van der Waals surface area contributed by atoms with Crippen LogP contribution < -0.4 is 5.73 Å². The van der Waals surface area contributed by atoms with Gasteiger partial charge in [0.2, 0.25) is 0 Å². The van der Waals surface area contributed by atoms with Crippen LogP contribution in [0, 0.1) is 5.41 Å². The number of allylic oxidation sites excluding steroid dienone is 2. The molecule has 0 spiro atoms. The van der Waals surface area contributed by atoms with E-state index in [0.717, 1.165) is 36.0 Å². The highest BCUT2D eigenvalue weighted by Crippen LogP contribution is 2.35. The minimum Gasteiger partial charge on any atom is -0.507 e. The maximum atomic E-state index is 12.1. The molecule has 0 unspecified atom stereocenters. The van der Waals surface area contributed by atoms with Gasteiger partial charge in [-0.15, -0.1) is 0 Å². The van der Waals surface area contributed by atoms with Gasteiger partial charge in [-0.3, -0.25) is 10.3 Å². The van der Waals surface area contributed by atoms with Crippen molar-refractivity contribution < 1.29 is 9.90 Å². The number of H-pyrrole nitrogens is 1. The molecular formula is C25H27N5O2. The van der Waals surface area contributed by atoms with Crippen molar-refractivity contribution in [2.24, 2.45) is 5.73 Å². The third-order valence-electron chi connectivity index (χ3n) is 5.58. The van der Waals surface area contributed by atoms with Gasteiger partial charge in [-0.2, -0.15) is 0 Å². The van der Waals surface area contributed by atoms with E-state index in [-0.39, 0.29) is 17.6 Å². The van der Waals surface area contributed by atoms with Crippen molar-refractivity contribution in [1.29, 1.82) is 5.41 Å². The lowest BCUT2D eigenvalue weighted by Crippen LogP contribution is -2.42. The van der Waals surface area contributed by atoms with Gasteiger partial charge in [0.1, 0.15) is 23.0 Å². The molecule has 1 heterocycles. The number of carbonyl (C=O) groups excluding carboxylic acids is 1. The molecule has 3 aromatic rings. The summed E-state index contributed by atoms with van der Waals surface area (Å²) < 4.78 is 0. The Balaban J connectivity index is 1.87. The smallest absolute Gasteiger partial charge is 0.320 e. The molecule has 164 valence electrons. The van der Waals surface area contributed by atoms with Crippen LogP contribution in [0.15, 0.2) is 54.6 Å². The van der Waals surface area contributed by atoms with Gasteiger partial charge in [-0.1, -0.05) is 43.3 Å². The third-order valence-corrected chi connectivity index (χ3v) is 5.58. The van der Waals surface area contributed by atoms with Gasteiger partial charge in [-0.25, -0.2) is 9.78 Å². The summed E-state index contributed by atoms with van der Waals surface area (Å²) in [6.45, 7) is 3.99. The van der Waals surface area contributed by atoms with E-state index >= 15 is 0 Å². The molecule has 0 atom stereocenters. The van der Waals surface area contributed by atoms with E-state index in [1.54, 1.807) is 12.1 Å². The second kappa shape index (κ2) is 8.70. The van der Waals surface area contributed by atoms with Gasteiger partial charge in [0.15, 0.2) is 5.84 Å². The maximum absolute atomic E-state index is 12.1. The van der Waals surface area contributed by atoms with Crippen LogP contribution in [-0.4, -0.2) is 37.9 Å². The van der Waals surface area contributed by atoms with Crippen LogP contribution in [0.1, 0.15) is 44.4 Å². The van der Waals surface area contributed by atoms with Gasteiger partial charge in [0.25, 0.3) is 0 Å². The van der Waals surface area contributed by atoms with E-state index in [4.69, 9.17) is 16.1 Å². The zero-order valence-electron chi connectivity index (χ0n) is 18.2. The summed E-state index contributed by atoms with van der Waals surface area (Å²) in [5.74, 6) is 0.777. The monoisotopic (exact) mass is 429 g/mol. The van der Waals surface area contributed by atoms with Crippen LogP contribution in [-0.2, 0) is 0 Å². The van der Waals surface area contributed by atoms with Crippen molar-refractivity contribution in [3.05, 3.63) is 65.9 Å². The Morgan fingerprint density at radius 2 is 1.97 bits per heavy atom. The number of aromatic amines is 1. The highest BCUT2D eigenvalue weighted by Gasteiger charge is 2.36. The standard InChI is InChI=1S/C25H27N5O2/c1-3-7-15(2)19-14-17(10-13-20(19)31)21-22(23(26)30(25(27)32)18-11-12-18)29-24(28-21)16-8-5-4-6-9-16/h4-10,13-14,18,26,31H,3,11-12H2,1-2H3,(H2,27,32)(H,28,29)/b15-7+,26-23?. The number of hydrogen-bond acceptors (Lipinski definition) is 4. The number of aromatic hydroxyl groups is 1. The van der Waals surface area contributed by atoms with Crippen LogP contribution in [0.3, 0.4) is 0 Å². The predicted molar refractivity (Wildman–Crippen MR) is 126 cm³/mol. The fourth-order valence-electron chi connectivity index (χ4n) is 3.83. The van der Waals surface area contributed by atoms with E-state index in [1.165, 1.54) is 4.90 Å². The van der Waals surface area contributed by atoms with Crippen molar-refractivity contribution in [3.8, 4) is 28.4 Å². The third kappa shape index (κ3) is 4.14. The lowest BCUT2D eigenvalue weighted by molar-refractivity contribution is 0.228. The molecule has 0 radical (unpaired) electrons. The first kappa shape index (κ1) is 21.4. The number of benzene rings is 2. The molecule has 1 aliphatic rings. The van der Waals surface area contributed by atoms with E-state index in [1.807, 2.05) is 56.3 Å². The largest absolute Gasteiger partial charge is 0.507 e. The van der Waals surface area contributed by atoms with Crippen LogP contribution in [0.4, 0.5) is 4.79 Å². The van der Waals surface area contributed by atoms with Gasteiger partial charge in [0, 0.05) is 22.7 Å². The Kier molecular flexibility index (Phi) is 5.81. The van der Waals surface area contributed by atoms with Gasteiger partial charge in [0.05, 0.1) is 0 Å². The lowest BCUT2D eigenvalue weighted by Gasteiger charge is -2.20. The Morgan fingerprint density at radius 3 is 2.59 bits per heavy atom. The van der Waals surface area contributed by atoms with E-state index < -0.39 is 6.03 Å². The number of phenols is 1. The first-order valence-corrected chi connectivity index (χ1v) is 10.7. The molecule has 1 fully saturated rings. The molecule has 1 aliphatic carbocycles. The molecule has 0 aliphatic heterocycles. The molecule has 32 heavy (non-hydrogen) atoms. The summed E-state index contributed by atoms with van der Waals surface area (Å²) >= 11 is 0. The van der Waals surface area contributed by atoms with Gasteiger partial charge in [-0.05, 0) is 50.0 Å². The van der Waals surface area contributed by atoms with Crippen LogP contribution in [0.2, 0.25) is 0 Å². The van der Waals surface area contributed by atoms with E-state index in [9.17, 15) is 9.90 Å². The maximum Gasteiger partial charge on any atom is 0.320 e. The Hall–Kier alpha value is -3.87. The Labute approximate surface area is 187 Å². The fourth-order valence-corrected chi connectivity index (χ4v) is 3.83. The second-order valence-corrected chi connectivity index (χ2v) is 7.99. The molecule has 0 bridgehead atoms. The lowest BCUT2D eigenvalue weighted by atomic mass is 10.00. The molecule has 4 rings (SSSR count). The molecule has 0 saturated heterocycles. The number of urea groups is 1. The van der Waals surface area contributed by atoms with Crippen LogP contribution in [0.25, 0.3) is 28.2 Å². The SMILES string of the molecule is CC/C=C(\C)c1cc(-c2nc(-c3ccccc3)[nH]c2C(=N)N(C(N)=O)C2CC2)ccc1O. The number of nitrogens with zero attached hydrogens (tertiary/aromatic N) is 2. The minimum absolute atomic E-state index is 0.000119. The normalized spacial score (nSPS) is 13.8. The van der Waals surface area contributed by atoms with Crippen LogP contribution >= 0.6 is 0 Å². The quantitative estimate of drug-likeness (QED) is 0.321. The predicted octanol–water partition coefficient (Wildman–Crippen LogP) is 5.13. The molecule has 7 heteroatoms. The van der Waals surface area contributed by atoms with E-state index in [0.29, 0.717) is 22.8 Å². The number of amides is 2. The number of carbonyl (C=O) groups is 1. The number of aromatic nitrogens is 2. The Bertz CT molecular complexity index is 1190. The van der Waals surface area contributed by atoms with E-state index in [2.05, 4.69) is 4.98 Å². The van der Waals surface area contributed by atoms with Crippen LogP contribution in [0.5, 0.6) is 5.75 Å².